The number of rotatable bonds is 3. The smallest absolute Gasteiger partial charge is 0.230 e. The molecule has 3 heterocycles. The van der Waals surface area contributed by atoms with Crippen LogP contribution in [0.25, 0.3) is 16.6 Å². The van der Waals surface area contributed by atoms with Gasteiger partial charge in [-0.05, 0) is 49.7 Å². The molecule has 0 unspecified atom stereocenters. The molecule has 1 aromatic carbocycles. The predicted octanol–water partition coefficient (Wildman–Crippen LogP) is 3.61. The zero-order chi connectivity index (χ0) is 16.7. The highest BCUT2D eigenvalue weighted by atomic mass is 16.1. The van der Waals surface area contributed by atoms with Crippen molar-refractivity contribution in [2.75, 3.05) is 5.32 Å². The number of aryl methyl sites for hydroxylation is 2. The summed E-state index contributed by atoms with van der Waals surface area (Å²) in [6.07, 6.45) is 4.10. The lowest BCUT2D eigenvalue weighted by atomic mass is 10.2. The van der Waals surface area contributed by atoms with Crippen molar-refractivity contribution >= 4 is 28.1 Å². The fourth-order valence-corrected chi connectivity index (χ4v) is 3.01. The SMILES string of the molecule is Cc1cc2cc(NC(=O)Cc3cn4cccc(C)c4n3)ccc2[nH]1. The van der Waals surface area contributed by atoms with Crippen molar-refractivity contribution in [1.29, 1.82) is 0 Å². The number of aromatic nitrogens is 3. The van der Waals surface area contributed by atoms with E-state index in [4.69, 9.17) is 0 Å². The first kappa shape index (κ1) is 14.5. The van der Waals surface area contributed by atoms with Gasteiger partial charge in [0.25, 0.3) is 0 Å². The van der Waals surface area contributed by atoms with Gasteiger partial charge in [-0.15, -0.1) is 0 Å². The highest BCUT2D eigenvalue weighted by Crippen LogP contribution is 2.20. The van der Waals surface area contributed by atoms with Gasteiger partial charge < -0.3 is 14.7 Å². The van der Waals surface area contributed by atoms with Gasteiger partial charge in [-0.3, -0.25) is 4.79 Å². The Bertz CT molecular complexity index is 1060. The maximum atomic E-state index is 12.3. The van der Waals surface area contributed by atoms with Crippen LogP contribution in [0.1, 0.15) is 17.0 Å². The fraction of sp³-hybridized carbons (Fsp3) is 0.158. The van der Waals surface area contributed by atoms with Crippen LogP contribution in [0.3, 0.4) is 0 Å². The van der Waals surface area contributed by atoms with E-state index in [1.54, 1.807) is 0 Å². The molecule has 5 nitrogen and oxygen atoms in total. The van der Waals surface area contributed by atoms with E-state index in [1.807, 2.05) is 61.0 Å². The molecule has 0 atom stereocenters. The van der Waals surface area contributed by atoms with Crippen LogP contribution >= 0.6 is 0 Å². The lowest BCUT2D eigenvalue weighted by molar-refractivity contribution is -0.115. The second kappa shape index (κ2) is 5.53. The van der Waals surface area contributed by atoms with Crippen molar-refractivity contribution in [2.45, 2.75) is 20.3 Å². The Morgan fingerprint density at radius 3 is 2.96 bits per heavy atom. The topological polar surface area (TPSA) is 62.2 Å². The number of fused-ring (bicyclic) bond motifs is 2. The first-order valence-corrected chi connectivity index (χ1v) is 7.91. The quantitative estimate of drug-likeness (QED) is 0.606. The summed E-state index contributed by atoms with van der Waals surface area (Å²) in [6.45, 7) is 4.03. The van der Waals surface area contributed by atoms with Crippen LogP contribution in [0, 0.1) is 13.8 Å². The maximum absolute atomic E-state index is 12.3. The van der Waals surface area contributed by atoms with Crippen LogP contribution < -0.4 is 5.32 Å². The summed E-state index contributed by atoms with van der Waals surface area (Å²) in [7, 11) is 0. The number of aromatic amines is 1. The molecule has 0 bridgehead atoms. The fourth-order valence-electron chi connectivity index (χ4n) is 3.01. The van der Waals surface area contributed by atoms with Gasteiger partial charge in [-0.1, -0.05) is 6.07 Å². The second-order valence-corrected chi connectivity index (χ2v) is 6.13. The number of H-pyrrole nitrogens is 1. The molecule has 0 radical (unpaired) electrons. The van der Waals surface area contributed by atoms with E-state index in [0.29, 0.717) is 0 Å². The summed E-state index contributed by atoms with van der Waals surface area (Å²) in [4.78, 5) is 20.1. The van der Waals surface area contributed by atoms with Crippen LogP contribution in [0.2, 0.25) is 0 Å². The lowest BCUT2D eigenvalue weighted by Crippen LogP contribution is -2.14. The minimum Gasteiger partial charge on any atom is -0.359 e. The van der Waals surface area contributed by atoms with E-state index < -0.39 is 0 Å². The molecule has 0 spiro atoms. The van der Waals surface area contributed by atoms with Gasteiger partial charge in [0, 0.05) is 34.7 Å². The lowest BCUT2D eigenvalue weighted by Gasteiger charge is -2.04. The first-order chi connectivity index (χ1) is 11.6. The molecular formula is C19H18N4O. The second-order valence-electron chi connectivity index (χ2n) is 6.13. The monoisotopic (exact) mass is 318 g/mol. The third-order valence-electron chi connectivity index (χ3n) is 4.11. The third kappa shape index (κ3) is 2.65. The van der Waals surface area contributed by atoms with Gasteiger partial charge in [0.2, 0.25) is 5.91 Å². The average Bonchev–Trinajstić information content (AvgIpc) is 3.09. The van der Waals surface area contributed by atoms with E-state index in [9.17, 15) is 4.79 Å². The van der Waals surface area contributed by atoms with E-state index in [2.05, 4.69) is 21.4 Å². The largest absolute Gasteiger partial charge is 0.359 e. The highest BCUT2D eigenvalue weighted by molar-refractivity contribution is 5.94. The van der Waals surface area contributed by atoms with Crippen molar-refractivity contribution in [3.8, 4) is 0 Å². The third-order valence-corrected chi connectivity index (χ3v) is 4.11. The number of nitrogens with one attached hydrogen (secondary N) is 2. The molecule has 0 aliphatic rings. The number of amides is 1. The number of anilines is 1. The molecule has 0 fully saturated rings. The molecule has 0 aliphatic heterocycles. The Kier molecular flexibility index (Phi) is 3.34. The number of pyridine rings is 1. The number of hydrogen-bond donors (Lipinski definition) is 2. The first-order valence-electron chi connectivity index (χ1n) is 7.91. The van der Waals surface area contributed by atoms with Gasteiger partial charge in [0.05, 0.1) is 12.1 Å². The van der Waals surface area contributed by atoms with Crippen LogP contribution in [0.15, 0.2) is 48.8 Å². The number of carbonyl (C=O) groups is 1. The van der Waals surface area contributed by atoms with Crippen molar-refractivity contribution in [3.05, 3.63) is 65.7 Å². The Morgan fingerprint density at radius 1 is 1.25 bits per heavy atom. The van der Waals surface area contributed by atoms with Crippen molar-refractivity contribution in [1.82, 2.24) is 14.4 Å². The molecule has 3 aromatic heterocycles. The number of benzene rings is 1. The standard InChI is InChI=1S/C19H18N4O/c1-12-4-3-7-23-11-16(22-19(12)23)10-18(24)21-15-5-6-17-14(9-15)8-13(2)20-17/h3-9,11,20H,10H2,1-2H3,(H,21,24). The summed E-state index contributed by atoms with van der Waals surface area (Å²) in [5.41, 5.74) is 5.73. The molecule has 5 heteroatoms. The molecule has 0 saturated heterocycles. The molecule has 4 rings (SSSR count). The number of hydrogen-bond acceptors (Lipinski definition) is 2. The van der Waals surface area contributed by atoms with Gasteiger partial charge in [-0.2, -0.15) is 0 Å². The Hall–Kier alpha value is -3.08. The summed E-state index contributed by atoms with van der Waals surface area (Å²) >= 11 is 0. The Balaban J connectivity index is 1.53. The Morgan fingerprint density at radius 2 is 2.12 bits per heavy atom. The van der Waals surface area contributed by atoms with E-state index in [1.165, 1.54) is 0 Å². The number of carbonyl (C=O) groups excluding carboxylic acids is 1. The molecule has 24 heavy (non-hydrogen) atoms. The Labute approximate surface area is 139 Å². The van der Waals surface area contributed by atoms with Gasteiger partial charge in [0.15, 0.2) is 0 Å². The molecule has 4 aromatic rings. The maximum Gasteiger partial charge on any atom is 0.230 e. The number of imidazole rings is 1. The van der Waals surface area contributed by atoms with Crippen molar-refractivity contribution in [3.63, 3.8) is 0 Å². The minimum atomic E-state index is -0.0670. The molecule has 1 amide bonds. The summed E-state index contributed by atoms with van der Waals surface area (Å²) < 4.78 is 1.95. The molecule has 120 valence electrons. The van der Waals surface area contributed by atoms with Gasteiger partial charge in [0.1, 0.15) is 5.65 Å². The zero-order valence-corrected chi connectivity index (χ0v) is 13.6. The van der Waals surface area contributed by atoms with E-state index in [0.717, 1.165) is 39.2 Å². The molecule has 0 saturated carbocycles. The summed E-state index contributed by atoms with van der Waals surface area (Å²) in [5, 5.41) is 4.04. The molecular weight excluding hydrogens is 300 g/mol. The van der Waals surface area contributed by atoms with Gasteiger partial charge >= 0.3 is 0 Å². The van der Waals surface area contributed by atoms with Crippen molar-refractivity contribution < 1.29 is 4.79 Å². The minimum absolute atomic E-state index is 0.0670. The van der Waals surface area contributed by atoms with Crippen LogP contribution in [-0.2, 0) is 11.2 Å². The summed E-state index contributed by atoms with van der Waals surface area (Å²) in [6, 6.07) is 11.9. The predicted molar refractivity (Wildman–Crippen MR) is 95.3 cm³/mol. The van der Waals surface area contributed by atoms with Crippen molar-refractivity contribution in [2.24, 2.45) is 0 Å². The van der Waals surface area contributed by atoms with Crippen LogP contribution in [0.5, 0.6) is 0 Å². The van der Waals surface area contributed by atoms with Crippen LogP contribution in [-0.4, -0.2) is 20.3 Å². The van der Waals surface area contributed by atoms with Crippen LogP contribution in [0.4, 0.5) is 5.69 Å². The highest BCUT2D eigenvalue weighted by Gasteiger charge is 2.09. The van der Waals surface area contributed by atoms with Gasteiger partial charge in [-0.25, -0.2) is 4.98 Å². The molecule has 0 aliphatic carbocycles. The van der Waals surface area contributed by atoms with E-state index in [-0.39, 0.29) is 12.3 Å². The number of nitrogens with zero attached hydrogens (tertiary/aromatic N) is 2. The summed E-state index contributed by atoms with van der Waals surface area (Å²) in [5.74, 6) is -0.0670. The molecule has 2 N–H and O–H groups in total. The van der Waals surface area contributed by atoms with E-state index >= 15 is 0 Å². The normalized spacial score (nSPS) is 11.2. The zero-order valence-electron chi connectivity index (χ0n) is 13.6. The average molecular weight is 318 g/mol.